The summed E-state index contributed by atoms with van der Waals surface area (Å²) in [6.07, 6.45) is 0. The van der Waals surface area contributed by atoms with Gasteiger partial charge >= 0.3 is 0 Å². The lowest BCUT2D eigenvalue weighted by atomic mass is 10.2. The van der Waals surface area contributed by atoms with Gasteiger partial charge in [-0.2, -0.15) is 4.99 Å². The number of nitrogens with zero attached hydrogens (tertiary/aromatic N) is 2. The highest BCUT2D eigenvalue weighted by atomic mass is 35.5. The van der Waals surface area contributed by atoms with Crippen LogP contribution in [0.3, 0.4) is 0 Å². The van der Waals surface area contributed by atoms with Gasteiger partial charge in [-0.3, -0.25) is 4.79 Å². The van der Waals surface area contributed by atoms with Crippen LogP contribution < -0.4 is 4.80 Å². The van der Waals surface area contributed by atoms with E-state index in [0.29, 0.717) is 15.4 Å². The third-order valence-electron chi connectivity index (χ3n) is 3.47. The zero-order chi connectivity index (χ0) is 15.7. The Morgan fingerprint density at radius 3 is 2.68 bits per heavy atom. The first-order valence-corrected chi connectivity index (χ1v) is 8.23. The first kappa shape index (κ1) is 15.0. The van der Waals surface area contributed by atoms with Gasteiger partial charge < -0.3 is 4.57 Å². The molecule has 3 rings (SSSR count). The standard InChI is InChI=1S/C17H15ClN2OS/c1-3-20-15-11(2)9-13(18)10-14(15)22-17(20)19-16(21)12-7-5-4-6-8-12/h4-10H,3H2,1-2H3. The van der Waals surface area contributed by atoms with Gasteiger partial charge in [-0.15, -0.1) is 0 Å². The molecule has 0 fully saturated rings. The van der Waals surface area contributed by atoms with E-state index in [1.165, 1.54) is 11.3 Å². The van der Waals surface area contributed by atoms with Crippen molar-refractivity contribution >= 4 is 39.1 Å². The molecule has 0 saturated carbocycles. The first-order chi connectivity index (χ1) is 10.6. The van der Waals surface area contributed by atoms with Crippen molar-refractivity contribution in [2.75, 3.05) is 0 Å². The van der Waals surface area contributed by atoms with Gasteiger partial charge in [0, 0.05) is 17.1 Å². The van der Waals surface area contributed by atoms with Crippen LogP contribution in [0.25, 0.3) is 10.2 Å². The Hall–Kier alpha value is -1.91. The number of thiazole rings is 1. The summed E-state index contributed by atoms with van der Waals surface area (Å²) in [6, 6.07) is 13.0. The zero-order valence-corrected chi connectivity index (χ0v) is 13.9. The number of aryl methyl sites for hydroxylation is 2. The van der Waals surface area contributed by atoms with Gasteiger partial charge in [0.05, 0.1) is 10.2 Å². The van der Waals surface area contributed by atoms with Crippen LogP contribution in [0.1, 0.15) is 22.8 Å². The summed E-state index contributed by atoms with van der Waals surface area (Å²) in [7, 11) is 0. The topological polar surface area (TPSA) is 34.4 Å². The van der Waals surface area contributed by atoms with Crippen LogP contribution in [0.15, 0.2) is 47.5 Å². The van der Waals surface area contributed by atoms with E-state index >= 15 is 0 Å². The number of hydrogen-bond acceptors (Lipinski definition) is 2. The van der Waals surface area contributed by atoms with Crippen molar-refractivity contribution in [2.45, 2.75) is 20.4 Å². The normalized spacial score (nSPS) is 12.0. The largest absolute Gasteiger partial charge is 0.316 e. The molecule has 0 N–H and O–H groups in total. The van der Waals surface area contributed by atoms with E-state index in [9.17, 15) is 4.79 Å². The number of hydrogen-bond donors (Lipinski definition) is 0. The lowest BCUT2D eigenvalue weighted by molar-refractivity contribution is 0.0998. The van der Waals surface area contributed by atoms with E-state index in [2.05, 4.69) is 9.56 Å². The van der Waals surface area contributed by atoms with Gasteiger partial charge in [-0.05, 0) is 43.7 Å². The summed E-state index contributed by atoms with van der Waals surface area (Å²) in [6.45, 7) is 4.82. The molecule has 0 atom stereocenters. The molecule has 5 heteroatoms. The van der Waals surface area contributed by atoms with Crippen molar-refractivity contribution < 1.29 is 4.79 Å². The molecular formula is C17H15ClN2OS. The number of benzene rings is 2. The lowest BCUT2D eigenvalue weighted by Gasteiger charge is -2.04. The van der Waals surface area contributed by atoms with Crippen LogP contribution >= 0.6 is 22.9 Å². The molecule has 1 amide bonds. The summed E-state index contributed by atoms with van der Waals surface area (Å²) in [4.78, 5) is 17.3. The minimum absolute atomic E-state index is 0.224. The Labute approximate surface area is 137 Å². The molecule has 22 heavy (non-hydrogen) atoms. The smallest absolute Gasteiger partial charge is 0.279 e. The second kappa shape index (κ2) is 6.07. The van der Waals surface area contributed by atoms with Crippen LogP contribution in [-0.2, 0) is 6.54 Å². The third kappa shape index (κ3) is 2.72. The van der Waals surface area contributed by atoms with E-state index in [4.69, 9.17) is 11.6 Å². The third-order valence-corrected chi connectivity index (χ3v) is 4.71. The van der Waals surface area contributed by atoms with Gasteiger partial charge in [0.1, 0.15) is 0 Å². The fourth-order valence-corrected chi connectivity index (χ4v) is 4.03. The minimum Gasteiger partial charge on any atom is -0.316 e. The number of carbonyl (C=O) groups is 1. The van der Waals surface area contributed by atoms with Crippen molar-refractivity contribution in [3.8, 4) is 0 Å². The average Bonchev–Trinajstić information content (AvgIpc) is 2.85. The predicted octanol–water partition coefficient (Wildman–Crippen LogP) is 4.43. The molecule has 0 bridgehead atoms. The molecule has 0 unspecified atom stereocenters. The number of halogens is 1. The Bertz CT molecular complexity index is 910. The van der Waals surface area contributed by atoms with Crippen LogP contribution in [0.4, 0.5) is 0 Å². The summed E-state index contributed by atoms with van der Waals surface area (Å²) in [5, 5.41) is 0.704. The summed E-state index contributed by atoms with van der Waals surface area (Å²) >= 11 is 7.62. The van der Waals surface area contributed by atoms with Gasteiger partial charge in [0.2, 0.25) is 0 Å². The summed E-state index contributed by atoms with van der Waals surface area (Å²) in [5.74, 6) is -0.224. The molecule has 0 spiro atoms. The van der Waals surface area contributed by atoms with E-state index in [1.54, 1.807) is 12.1 Å². The molecule has 1 aromatic heterocycles. The molecule has 1 heterocycles. The first-order valence-electron chi connectivity index (χ1n) is 7.03. The minimum atomic E-state index is -0.224. The molecule has 0 aliphatic carbocycles. The molecule has 3 aromatic rings. The second-order valence-electron chi connectivity index (χ2n) is 4.98. The van der Waals surface area contributed by atoms with Gasteiger partial charge in [-0.25, -0.2) is 0 Å². The Kier molecular flexibility index (Phi) is 4.14. The SMILES string of the molecule is CCn1c(=NC(=O)c2ccccc2)sc2cc(Cl)cc(C)c21. The maximum absolute atomic E-state index is 12.3. The van der Waals surface area contributed by atoms with Crippen molar-refractivity contribution in [1.82, 2.24) is 4.57 Å². The number of amides is 1. The fourth-order valence-electron chi connectivity index (χ4n) is 2.49. The van der Waals surface area contributed by atoms with Gasteiger partial charge in [-0.1, -0.05) is 41.1 Å². The highest BCUT2D eigenvalue weighted by Crippen LogP contribution is 2.25. The molecule has 3 nitrogen and oxygen atoms in total. The van der Waals surface area contributed by atoms with E-state index < -0.39 is 0 Å². The van der Waals surface area contributed by atoms with Crippen LogP contribution in [0.5, 0.6) is 0 Å². The van der Waals surface area contributed by atoms with Crippen molar-refractivity contribution in [3.05, 3.63) is 63.4 Å². The van der Waals surface area contributed by atoms with E-state index in [1.807, 2.05) is 44.2 Å². The van der Waals surface area contributed by atoms with E-state index in [0.717, 1.165) is 22.3 Å². The van der Waals surface area contributed by atoms with E-state index in [-0.39, 0.29) is 5.91 Å². The fraction of sp³-hybridized carbons (Fsp3) is 0.176. The molecular weight excluding hydrogens is 316 g/mol. The maximum atomic E-state index is 12.3. The summed E-state index contributed by atoms with van der Waals surface area (Å²) in [5.41, 5.74) is 2.78. The lowest BCUT2D eigenvalue weighted by Crippen LogP contribution is -2.16. The molecule has 0 aliphatic heterocycles. The Morgan fingerprint density at radius 1 is 1.27 bits per heavy atom. The monoisotopic (exact) mass is 330 g/mol. The van der Waals surface area contributed by atoms with Crippen molar-refractivity contribution in [1.29, 1.82) is 0 Å². The molecule has 0 saturated heterocycles. The van der Waals surface area contributed by atoms with Crippen molar-refractivity contribution in [2.24, 2.45) is 4.99 Å². The number of carbonyl (C=O) groups excluding carboxylic acids is 1. The maximum Gasteiger partial charge on any atom is 0.279 e. The summed E-state index contributed by atoms with van der Waals surface area (Å²) < 4.78 is 3.11. The van der Waals surface area contributed by atoms with Gasteiger partial charge in [0.25, 0.3) is 5.91 Å². The predicted molar refractivity (Wildman–Crippen MR) is 91.6 cm³/mol. The van der Waals surface area contributed by atoms with Gasteiger partial charge in [0.15, 0.2) is 4.80 Å². The number of rotatable bonds is 2. The molecule has 0 aliphatic rings. The number of fused-ring (bicyclic) bond motifs is 1. The average molecular weight is 331 g/mol. The quantitative estimate of drug-likeness (QED) is 0.684. The highest BCUT2D eigenvalue weighted by molar-refractivity contribution is 7.16. The van der Waals surface area contributed by atoms with Crippen molar-refractivity contribution in [3.63, 3.8) is 0 Å². The molecule has 112 valence electrons. The molecule has 0 radical (unpaired) electrons. The highest BCUT2D eigenvalue weighted by Gasteiger charge is 2.10. The van der Waals surface area contributed by atoms with Crippen LogP contribution in [0, 0.1) is 6.92 Å². The van der Waals surface area contributed by atoms with Crippen LogP contribution in [-0.4, -0.2) is 10.5 Å². The Morgan fingerprint density at radius 2 is 2.00 bits per heavy atom. The zero-order valence-electron chi connectivity index (χ0n) is 12.3. The molecule has 2 aromatic carbocycles. The second-order valence-corrected chi connectivity index (χ2v) is 6.43. The van der Waals surface area contributed by atoms with Crippen LogP contribution in [0.2, 0.25) is 5.02 Å². The number of aromatic nitrogens is 1. The Balaban J connectivity index is 2.21.